The first-order chi connectivity index (χ1) is 16.6. The van der Waals surface area contributed by atoms with Crippen molar-refractivity contribution in [3.63, 3.8) is 0 Å². The number of ether oxygens (including phenoxy) is 2. The number of rotatable bonds is 11. The predicted molar refractivity (Wildman–Crippen MR) is 135 cm³/mol. The minimum absolute atomic E-state index is 0.0966. The molecule has 0 saturated carbocycles. The summed E-state index contributed by atoms with van der Waals surface area (Å²) in [6, 6.07) is 23.5. The molecule has 4 rings (SSSR count). The van der Waals surface area contributed by atoms with Gasteiger partial charge in [-0.25, -0.2) is 4.98 Å². The highest BCUT2D eigenvalue weighted by molar-refractivity contribution is 5.94. The minimum atomic E-state index is -0.0966. The Balaban J connectivity index is 1.32. The van der Waals surface area contributed by atoms with Crippen LogP contribution in [0.3, 0.4) is 0 Å². The molecule has 0 spiro atoms. The van der Waals surface area contributed by atoms with E-state index in [1.165, 1.54) is 5.56 Å². The van der Waals surface area contributed by atoms with Gasteiger partial charge in [-0.2, -0.15) is 0 Å². The number of methoxy groups -OCH3 is 1. The number of aryl methyl sites for hydroxylation is 3. The zero-order valence-corrected chi connectivity index (χ0v) is 19.8. The second-order valence-electron chi connectivity index (χ2n) is 8.28. The molecule has 0 atom stereocenters. The molecule has 6 heteroatoms. The highest BCUT2D eigenvalue weighted by Gasteiger charge is 2.11. The van der Waals surface area contributed by atoms with Gasteiger partial charge in [0.1, 0.15) is 17.3 Å². The molecule has 34 heavy (non-hydrogen) atoms. The van der Waals surface area contributed by atoms with Crippen molar-refractivity contribution in [3.05, 3.63) is 89.7 Å². The largest absolute Gasteiger partial charge is 0.497 e. The minimum Gasteiger partial charge on any atom is -0.497 e. The van der Waals surface area contributed by atoms with Crippen LogP contribution in [-0.2, 0) is 13.0 Å². The van der Waals surface area contributed by atoms with E-state index in [0.717, 1.165) is 48.4 Å². The lowest BCUT2D eigenvalue weighted by atomic mass is 10.2. The lowest BCUT2D eigenvalue weighted by Crippen LogP contribution is -2.25. The molecule has 1 aromatic heterocycles. The summed E-state index contributed by atoms with van der Waals surface area (Å²) in [5.41, 5.74) is 3.92. The Labute approximate surface area is 200 Å². The monoisotopic (exact) mass is 457 g/mol. The summed E-state index contributed by atoms with van der Waals surface area (Å²) in [6.07, 6.45) is 2.47. The predicted octanol–water partition coefficient (Wildman–Crippen LogP) is 5.19. The molecule has 6 nitrogen and oxygen atoms in total. The van der Waals surface area contributed by atoms with Gasteiger partial charge in [0.05, 0.1) is 24.8 Å². The Morgan fingerprint density at radius 2 is 1.79 bits per heavy atom. The molecular weight excluding hydrogens is 426 g/mol. The zero-order valence-electron chi connectivity index (χ0n) is 19.8. The van der Waals surface area contributed by atoms with Crippen molar-refractivity contribution in [1.82, 2.24) is 14.9 Å². The van der Waals surface area contributed by atoms with Gasteiger partial charge in [-0.05, 0) is 67.8 Å². The molecule has 0 aliphatic rings. The summed E-state index contributed by atoms with van der Waals surface area (Å²) in [5.74, 6) is 2.52. The summed E-state index contributed by atoms with van der Waals surface area (Å²) in [6.45, 7) is 4.12. The van der Waals surface area contributed by atoms with E-state index in [1.807, 2.05) is 42.5 Å². The summed E-state index contributed by atoms with van der Waals surface area (Å²) in [5, 5.41) is 3.00. The third-order valence-corrected chi connectivity index (χ3v) is 5.71. The molecule has 176 valence electrons. The van der Waals surface area contributed by atoms with Crippen LogP contribution >= 0.6 is 0 Å². The average molecular weight is 458 g/mol. The lowest BCUT2D eigenvalue weighted by Gasteiger charge is -2.11. The van der Waals surface area contributed by atoms with Crippen LogP contribution in [0.2, 0.25) is 0 Å². The van der Waals surface area contributed by atoms with Gasteiger partial charge in [0.25, 0.3) is 5.91 Å². The maximum absolute atomic E-state index is 12.4. The van der Waals surface area contributed by atoms with Gasteiger partial charge in [-0.1, -0.05) is 30.3 Å². The van der Waals surface area contributed by atoms with Gasteiger partial charge in [0.2, 0.25) is 0 Å². The van der Waals surface area contributed by atoms with Crippen LogP contribution in [0.25, 0.3) is 11.0 Å². The van der Waals surface area contributed by atoms with Gasteiger partial charge in [0, 0.05) is 25.1 Å². The van der Waals surface area contributed by atoms with Gasteiger partial charge < -0.3 is 19.4 Å². The standard InChI is InChI=1S/C28H31N3O3/c1-21-9-5-12-24(19-21)34-18-8-17-31-26-14-4-3-13-25(26)30-27(31)15-7-16-29-28(32)22-10-6-11-23(20-22)33-2/h3-6,9-14,19-20H,7-8,15-18H2,1-2H3,(H,29,32). The highest BCUT2D eigenvalue weighted by atomic mass is 16.5. The van der Waals surface area contributed by atoms with Crippen molar-refractivity contribution in [3.8, 4) is 11.5 Å². The Kier molecular flexibility index (Phi) is 7.81. The number of aromatic nitrogens is 2. The molecule has 1 N–H and O–H groups in total. The summed E-state index contributed by atoms with van der Waals surface area (Å²) in [7, 11) is 1.60. The average Bonchev–Trinajstić information content (AvgIpc) is 3.21. The number of hydrogen-bond donors (Lipinski definition) is 1. The van der Waals surface area contributed by atoms with Crippen molar-refractivity contribution in [1.29, 1.82) is 0 Å². The molecular formula is C28H31N3O3. The number of imidazole rings is 1. The van der Waals surface area contributed by atoms with Crippen LogP contribution in [0.5, 0.6) is 11.5 Å². The van der Waals surface area contributed by atoms with Crippen molar-refractivity contribution in [2.75, 3.05) is 20.3 Å². The molecule has 0 radical (unpaired) electrons. The molecule has 4 aromatic rings. The summed E-state index contributed by atoms with van der Waals surface area (Å²) < 4.78 is 13.4. The molecule has 3 aromatic carbocycles. The van der Waals surface area contributed by atoms with E-state index in [0.29, 0.717) is 24.5 Å². The third-order valence-electron chi connectivity index (χ3n) is 5.71. The lowest BCUT2D eigenvalue weighted by molar-refractivity contribution is 0.0952. The molecule has 0 aliphatic carbocycles. The second kappa shape index (κ2) is 11.4. The summed E-state index contributed by atoms with van der Waals surface area (Å²) in [4.78, 5) is 17.3. The highest BCUT2D eigenvalue weighted by Crippen LogP contribution is 2.19. The zero-order chi connectivity index (χ0) is 23.8. The van der Waals surface area contributed by atoms with Gasteiger partial charge in [0.15, 0.2) is 0 Å². The molecule has 0 saturated heterocycles. The Hall–Kier alpha value is -3.80. The first-order valence-electron chi connectivity index (χ1n) is 11.7. The second-order valence-corrected chi connectivity index (χ2v) is 8.28. The smallest absolute Gasteiger partial charge is 0.251 e. The van der Waals surface area contributed by atoms with Crippen LogP contribution in [0, 0.1) is 6.92 Å². The number of hydrogen-bond acceptors (Lipinski definition) is 4. The fourth-order valence-corrected chi connectivity index (χ4v) is 4.00. The van der Waals surface area contributed by atoms with Crippen LogP contribution in [0.4, 0.5) is 0 Å². The van der Waals surface area contributed by atoms with Crippen molar-refractivity contribution in [2.24, 2.45) is 0 Å². The number of nitrogens with zero attached hydrogens (tertiary/aromatic N) is 2. The quantitative estimate of drug-likeness (QED) is 0.315. The molecule has 0 fully saturated rings. The molecule has 1 amide bonds. The number of carbonyl (C=O) groups excluding carboxylic acids is 1. The fraction of sp³-hybridized carbons (Fsp3) is 0.286. The molecule has 0 aliphatic heterocycles. The van der Waals surface area contributed by atoms with Gasteiger partial charge in [-0.3, -0.25) is 4.79 Å². The Morgan fingerprint density at radius 3 is 2.65 bits per heavy atom. The van der Waals surface area contributed by atoms with E-state index in [4.69, 9.17) is 14.5 Å². The van der Waals surface area contributed by atoms with Crippen molar-refractivity contribution >= 4 is 16.9 Å². The van der Waals surface area contributed by atoms with Gasteiger partial charge in [-0.15, -0.1) is 0 Å². The summed E-state index contributed by atoms with van der Waals surface area (Å²) >= 11 is 0. The number of carbonyl (C=O) groups is 1. The van der Waals surface area contributed by atoms with Crippen LogP contribution in [-0.4, -0.2) is 35.7 Å². The number of benzene rings is 3. The first kappa shape index (κ1) is 23.4. The Morgan fingerprint density at radius 1 is 0.971 bits per heavy atom. The third kappa shape index (κ3) is 5.95. The molecule has 0 unspecified atom stereocenters. The Bertz CT molecular complexity index is 1250. The van der Waals surface area contributed by atoms with Crippen molar-refractivity contribution in [2.45, 2.75) is 32.7 Å². The number of amides is 1. The van der Waals surface area contributed by atoms with E-state index >= 15 is 0 Å². The van der Waals surface area contributed by atoms with Crippen molar-refractivity contribution < 1.29 is 14.3 Å². The van der Waals surface area contributed by atoms with E-state index in [2.05, 4.69) is 35.0 Å². The first-order valence-corrected chi connectivity index (χ1v) is 11.7. The SMILES string of the molecule is COc1cccc(C(=O)NCCCc2nc3ccccc3n2CCCOc2cccc(C)c2)c1. The number of nitrogens with one attached hydrogen (secondary N) is 1. The fourth-order valence-electron chi connectivity index (χ4n) is 4.00. The van der Waals surface area contributed by atoms with Crippen LogP contribution in [0.15, 0.2) is 72.8 Å². The number of para-hydroxylation sites is 2. The normalized spacial score (nSPS) is 10.9. The van der Waals surface area contributed by atoms with E-state index in [1.54, 1.807) is 19.2 Å². The molecule has 1 heterocycles. The van der Waals surface area contributed by atoms with E-state index in [9.17, 15) is 4.79 Å². The maximum atomic E-state index is 12.4. The van der Waals surface area contributed by atoms with E-state index in [-0.39, 0.29) is 5.91 Å². The van der Waals surface area contributed by atoms with Crippen LogP contribution in [0.1, 0.15) is 34.6 Å². The maximum Gasteiger partial charge on any atom is 0.251 e. The van der Waals surface area contributed by atoms with Gasteiger partial charge >= 0.3 is 0 Å². The topological polar surface area (TPSA) is 65.4 Å². The van der Waals surface area contributed by atoms with Crippen LogP contribution < -0.4 is 14.8 Å². The van der Waals surface area contributed by atoms with E-state index < -0.39 is 0 Å². The number of fused-ring (bicyclic) bond motifs is 1. The molecule has 0 bridgehead atoms.